The SMILES string of the molecule is COc1ccccc1N(C)S(=O)(=O)c1ccc(C)c(C(=O)N(C)C2CCN(C)CC2)c1.Cl. The lowest BCUT2D eigenvalue weighted by Crippen LogP contribution is -2.44. The number of ether oxygens (including phenoxy) is 1. The minimum absolute atomic E-state index is 0. The Morgan fingerprint density at radius 1 is 1.09 bits per heavy atom. The molecular formula is C23H32ClN3O4S. The smallest absolute Gasteiger partial charge is 0.264 e. The first-order chi connectivity index (χ1) is 14.7. The van der Waals surface area contributed by atoms with Crippen molar-refractivity contribution < 1.29 is 17.9 Å². The van der Waals surface area contributed by atoms with Crippen LogP contribution in [0.15, 0.2) is 47.4 Å². The molecule has 0 bridgehead atoms. The van der Waals surface area contributed by atoms with Crippen LogP contribution in [0.25, 0.3) is 0 Å². The number of nitrogens with zero attached hydrogens (tertiary/aromatic N) is 3. The zero-order chi connectivity index (χ0) is 22.8. The zero-order valence-electron chi connectivity index (χ0n) is 19.2. The van der Waals surface area contributed by atoms with Gasteiger partial charge in [0.05, 0.1) is 17.7 Å². The Bertz CT molecular complexity index is 1050. The summed E-state index contributed by atoms with van der Waals surface area (Å²) < 4.78 is 33.2. The second kappa shape index (κ2) is 10.6. The van der Waals surface area contributed by atoms with Crippen molar-refractivity contribution in [3.63, 3.8) is 0 Å². The number of sulfonamides is 1. The van der Waals surface area contributed by atoms with Crippen molar-refractivity contribution in [1.82, 2.24) is 9.80 Å². The molecule has 1 fully saturated rings. The second-order valence-electron chi connectivity index (χ2n) is 8.07. The van der Waals surface area contributed by atoms with Crippen LogP contribution < -0.4 is 9.04 Å². The van der Waals surface area contributed by atoms with E-state index in [4.69, 9.17) is 4.74 Å². The third-order valence-electron chi connectivity index (χ3n) is 6.08. The lowest BCUT2D eigenvalue weighted by molar-refractivity contribution is 0.0658. The van der Waals surface area contributed by atoms with Crippen LogP contribution in [0.4, 0.5) is 5.69 Å². The summed E-state index contributed by atoms with van der Waals surface area (Å²) in [4.78, 5) is 17.3. The lowest BCUT2D eigenvalue weighted by Gasteiger charge is -2.35. The van der Waals surface area contributed by atoms with Gasteiger partial charge in [-0.1, -0.05) is 18.2 Å². The normalized spacial score (nSPS) is 15.0. The van der Waals surface area contributed by atoms with Gasteiger partial charge in [-0.25, -0.2) is 8.42 Å². The topological polar surface area (TPSA) is 70.2 Å². The van der Waals surface area contributed by atoms with Gasteiger partial charge in [0.25, 0.3) is 15.9 Å². The minimum Gasteiger partial charge on any atom is -0.495 e. The molecular weight excluding hydrogens is 450 g/mol. The largest absolute Gasteiger partial charge is 0.495 e. The number of benzene rings is 2. The van der Waals surface area contributed by atoms with Crippen molar-refractivity contribution in [2.45, 2.75) is 30.7 Å². The van der Waals surface area contributed by atoms with E-state index in [0.29, 0.717) is 17.0 Å². The van der Waals surface area contributed by atoms with Crippen LogP contribution in [0, 0.1) is 6.92 Å². The summed E-state index contributed by atoms with van der Waals surface area (Å²) in [5, 5.41) is 0. The molecule has 1 aliphatic heterocycles. The Hall–Kier alpha value is -2.29. The van der Waals surface area contributed by atoms with Gasteiger partial charge >= 0.3 is 0 Å². The van der Waals surface area contributed by atoms with Crippen molar-refractivity contribution in [2.75, 3.05) is 45.6 Å². The standard InChI is InChI=1S/C23H31N3O4S.ClH/c1-17-10-11-19(31(28,29)26(4)21-8-6-7-9-22(21)30-5)16-20(17)23(27)25(3)18-12-14-24(2)15-13-18;/h6-11,16,18H,12-15H2,1-5H3;1H. The van der Waals surface area contributed by atoms with E-state index < -0.39 is 10.0 Å². The first kappa shape index (κ1) is 26.0. The summed E-state index contributed by atoms with van der Waals surface area (Å²) in [5.41, 5.74) is 1.60. The van der Waals surface area contributed by atoms with E-state index in [1.807, 2.05) is 6.92 Å². The molecule has 9 heteroatoms. The second-order valence-corrected chi connectivity index (χ2v) is 10.0. The molecule has 0 radical (unpaired) electrons. The summed E-state index contributed by atoms with van der Waals surface area (Å²) in [7, 11) is 2.99. The van der Waals surface area contributed by atoms with Crippen molar-refractivity contribution >= 4 is 34.0 Å². The summed E-state index contributed by atoms with van der Waals surface area (Å²) in [5.74, 6) is 0.308. The highest BCUT2D eigenvalue weighted by molar-refractivity contribution is 7.92. The maximum atomic E-state index is 13.3. The van der Waals surface area contributed by atoms with Gasteiger partial charge in [0.1, 0.15) is 5.75 Å². The van der Waals surface area contributed by atoms with Gasteiger partial charge in [-0.2, -0.15) is 0 Å². The summed E-state index contributed by atoms with van der Waals surface area (Å²) in [6, 6.07) is 11.8. The number of carbonyl (C=O) groups is 1. The van der Waals surface area contributed by atoms with Gasteiger partial charge in [-0.15, -0.1) is 12.4 Å². The Morgan fingerprint density at radius 3 is 2.34 bits per heavy atom. The first-order valence-electron chi connectivity index (χ1n) is 10.3. The average molecular weight is 482 g/mol. The van der Waals surface area contributed by atoms with E-state index >= 15 is 0 Å². The number of para-hydroxylation sites is 2. The molecule has 1 saturated heterocycles. The number of aryl methyl sites for hydroxylation is 1. The lowest BCUT2D eigenvalue weighted by atomic mass is 10.0. The van der Waals surface area contributed by atoms with Gasteiger partial charge in [0.15, 0.2) is 0 Å². The van der Waals surface area contributed by atoms with Gasteiger partial charge in [-0.3, -0.25) is 9.10 Å². The van der Waals surface area contributed by atoms with E-state index in [1.165, 1.54) is 24.5 Å². The Morgan fingerprint density at radius 2 is 1.72 bits per heavy atom. The van der Waals surface area contributed by atoms with Crippen LogP contribution in [-0.2, 0) is 10.0 Å². The molecule has 176 valence electrons. The maximum absolute atomic E-state index is 13.3. The molecule has 2 aromatic rings. The molecule has 0 unspecified atom stereocenters. The number of halogens is 1. The van der Waals surface area contributed by atoms with Crippen LogP contribution in [-0.4, -0.2) is 71.5 Å². The van der Waals surface area contributed by atoms with Gasteiger partial charge in [0.2, 0.25) is 0 Å². The van der Waals surface area contributed by atoms with Gasteiger partial charge in [0, 0.05) is 25.7 Å². The Labute approximate surface area is 197 Å². The highest BCUT2D eigenvalue weighted by Crippen LogP contribution is 2.31. The Kier molecular flexibility index (Phi) is 8.56. The molecule has 32 heavy (non-hydrogen) atoms. The number of anilines is 1. The fourth-order valence-electron chi connectivity index (χ4n) is 3.91. The van der Waals surface area contributed by atoms with Gasteiger partial charge in [-0.05, 0) is 69.7 Å². The molecule has 1 amide bonds. The van der Waals surface area contributed by atoms with E-state index in [0.717, 1.165) is 31.5 Å². The van der Waals surface area contributed by atoms with Crippen LogP contribution >= 0.6 is 12.4 Å². The van der Waals surface area contributed by atoms with Gasteiger partial charge < -0.3 is 14.5 Å². The zero-order valence-corrected chi connectivity index (χ0v) is 20.9. The fourth-order valence-corrected chi connectivity index (χ4v) is 5.14. The van der Waals surface area contributed by atoms with E-state index in [-0.39, 0.29) is 29.3 Å². The molecule has 0 atom stereocenters. The number of hydrogen-bond donors (Lipinski definition) is 0. The van der Waals surface area contributed by atoms with E-state index in [2.05, 4.69) is 11.9 Å². The predicted octanol–water partition coefficient (Wildman–Crippen LogP) is 3.42. The van der Waals surface area contributed by atoms with Crippen LogP contribution in [0.2, 0.25) is 0 Å². The van der Waals surface area contributed by atoms with Crippen LogP contribution in [0.3, 0.4) is 0 Å². The predicted molar refractivity (Wildman–Crippen MR) is 130 cm³/mol. The number of carbonyl (C=O) groups excluding carboxylic acids is 1. The van der Waals surface area contributed by atoms with Crippen LogP contribution in [0.5, 0.6) is 5.75 Å². The van der Waals surface area contributed by atoms with Crippen molar-refractivity contribution in [2.24, 2.45) is 0 Å². The number of piperidine rings is 1. The summed E-state index contributed by atoms with van der Waals surface area (Å²) in [6.45, 7) is 3.72. The van der Waals surface area contributed by atoms with E-state index in [9.17, 15) is 13.2 Å². The monoisotopic (exact) mass is 481 g/mol. The van der Waals surface area contributed by atoms with Crippen molar-refractivity contribution in [1.29, 1.82) is 0 Å². The molecule has 0 spiro atoms. The summed E-state index contributed by atoms with van der Waals surface area (Å²) >= 11 is 0. The number of rotatable bonds is 6. The highest BCUT2D eigenvalue weighted by atomic mass is 35.5. The number of amides is 1. The molecule has 0 N–H and O–H groups in total. The summed E-state index contributed by atoms with van der Waals surface area (Å²) in [6.07, 6.45) is 1.82. The van der Waals surface area contributed by atoms with Crippen molar-refractivity contribution in [3.05, 3.63) is 53.6 Å². The van der Waals surface area contributed by atoms with Crippen LogP contribution in [0.1, 0.15) is 28.8 Å². The number of methoxy groups -OCH3 is 1. The number of hydrogen-bond acceptors (Lipinski definition) is 5. The molecule has 1 heterocycles. The highest BCUT2D eigenvalue weighted by Gasteiger charge is 2.28. The number of likely N-dealkylation sites (tertiary alicyclic amines) is 1. The average Bonchev–Trinajstić information content (AvgIpc) is 2.78. The molecule has 1 aliphatic rings. The molecule has 2 aromatic carbocycles. The molecule has 0 saturated carbocycles. The quantitative estimate of drug-likeness (QED) is 0.632. The third-order valence-corrected chi connectivity index (χ3v) is 7.85. The fraction of sp³-hybridized carbons (Fsp3) is 0.435. The van der Waals surface area contributed by atoms with Crippen molar-refractivity contribution in [3.8, 4) is 5.75 Å². The maximum Gasteiger partial charge on any atom is 0.264 e. The molecule has 3 rings (SSSR count). The molecule has 7 nitrogen and oxygen atoms in total. The third kappa shape index (κ3) is 5.19. The molecule has 0 aliphatic carbocycles. The first-order valence-corrected chi connectivity index (χ1v) is 11.8. The van der Waals surface area contributed by atoms with E-state index in [1.54, 1.807) is 48.3 Å². The Balaban J connectivity index is 0.00000363. The minimum atomic E-state index is -3.88. The molecule has 0 aromatic heterocycles.